The Hall–Kier alpha value is -2.54. The van der Waals surface area contributed by atoms with E-state index in [1.54, 1.807) is 35.0 Å². The summed E-state index contributed by atoms with van der Waals surface area (Å²) in [6.07, 6.45) is -1.11. The number of rotatable bonds is 3. The highest BCUT2D eigenvalue weighted by molar-refractivity contribution is 6.33. The van der Waals surface area contributed by atoms with Gasteiger partial charge in [0.1, 0.15) is 5.65 Å². The second-order valence-corrected chi connectivity index (χ2v) is 5.50. The van der Waals surface area contributed by atoms with Gasteiger partial charge in [-0.15, -0.1) is 0 Å². The predicted molar refractivity (Wildman–Crippen MR) is 84.0 cm³/mol. The number of imidazole rings is 1. The molecule has 24 heavy (non-hydrogen) atoms. The van der Waals surface area contributed by atoms with Gasteiger partial charge in [0.15, 0.2) is 0 Å². The van der Waals surface area contributed by atoms with Gasteiger partial charge in [-0.1, -0.05) is 17.7 Å². The van der Waals surface area contributed by atoms with Crippen molar-refractivity contribution in [3.63, 3.8) is 0 Å². The number of fused-ring (bicyclic) bond motifs is 1. The average Bonchev–Trinajstić information content (AvgIpc) is 2.98. The summed E-state index contributed by atoms with van der Waals surface area (Å²) in [5.41, 5.74) is 0.666. The molecule has 8 heteroatoms. The van der Waals surface area contributed by atoms with Crippen molar-refractivity contribution in [3.8, 4) is 0 Å². The quantitative estimate of drug-likeness (QED) is 0.767. The predicted octanol–water partition coefficient (Wildman–Crippen LogP) is 4.19. The molecule has 0 aliphatic carbocycles. The number of benzene rings is 1. The van der Waals surface area contributed by atoms with E-state index in [1.165, 1.54) is 0 Å². The maximum atomic E-state index is 12.6. The lowest BCUT2D eigenvalue weighted by atomic mass is 10.2. The Bertz CT molecular complexity index is 905. The minimum atomic E-state index is -4.48. The fourth-order valence-corrected chi connectivity index (χ4v) is 2.53. The van der Waals surface area contributed by atoms with Crippen molar-refractivity contribution in [3.05, 3.63) is 65.1 Å². The van der Waals surface area contributed by atoms with E-state index in [0.29, 0.717) is 11.3 Å². The first kappa shape index (κ1) is 16.3. The van der Waals surface area contributed by atoms with E-state index in [-0.39, 0.29) is 17.1 Å². The highest BCUT2D eigenvalue weighted by Gasteiger charge is 2.31. The van der Waals surface area contributed by atoms with Crippen LogP contribution in [-0.2, 0) is 17.4 Å². The van der Waals surface area contributed by atoms with Crippen molar-refractivity contribution in [1.29, 1.82) is 0 Å². The van der Waals surface area contributed by atoms with Gasteiger partial charge in [0.05, 0.1) is 22.7 Å². The molecule has 0 spiro atoms. The van der Waals surface area contributed by atoms with E-state index in [1.807, 2.05) is 0 Å². The Morgan fingerprint density at radius 1 is 1.25 bits per heavy atom. The standard InChI is InChI=1S/C16H11ClF3N3O/c17-12-8-10(16(18,19)20)4-5-13(12)22-15(24)9-11-2-1-3-14-21-6-7-23(11)14/h1-8H,9H2,(H,22,24). The lowest BCUT2D eigenvalue weighted by Gasteiger charge is -2.11. The molecule has 3 rings (SSSR count). The highest BCUT2D eigenvalue weighted by atomic mass is 35.5. The second-order valence-electron chi connectivity index (χ2n) is 5.09. The zero-order valence-corrected chi connectivity index (χ0v) is 12.9. The molecule has 3 aromatic rings. The monoisotopic (exact) mass is 353 g/mol. The molecule has 1 N–H and O–H groups in total. The Morgan fingerprint density at radius 3 is 2.75 bits per heavy atom. The van der Waals surface area contributed by atoms with Crippen molar-refractivity contribution in [2.75, 3.05) is 5.32 Å². The van der Waals surface area contributed by atoms with Crippen molar-refractivity contribution < 1.29 is 18.0 Å². The molecule has 0 bridgehead atoms. The molecule has 2 heterocycles. The molecular weight excluding hydrogens is 343 g/mol. The summed E-state index contributed by atoms with van der Waals surface area (Å²) in [6.45, 7) is 0. The Labute approximate surface area is 139 Å². The topological polar surface area (TPSA) is 46.4 Å². The Kier molecular flexibility index (Phi) is 4.19. The molecular formula is C16H11ClF3N3O. The van der Waals surface area contributed by atoms with E-state index in [4.69, 9.17) is 11.6 Å². The van der Waals surface area contributed by atoms with Gasteiger partial charge < -0.3 is 9.72 Å². The van der Waals surface area contributed by atoms with Crippen LogP contribution in [0.15, 0.2) is 48.8 Å². The van der Waals surface area contributed by atoms with Gasteiger partial charge in [0, 0.05) is 18.1 Å². The molecule has 0 unspecified atom stereocenters. The fraction of sp³-hybridized carbons (Fsp3) is 0.125. The number of anilines is 1. The molecule has 1 amide bonds. The van der Waals surface area contributed by atoms with Crippen LogP contribution < -0.4 is 5.32 Å². The van der Waals surface area contributed by atoms with Gasteiger partial charge >= 0.3 is 6.18 Å². The minimum Gasteiger partial charge on any atom is -0.324 e. The summed E-state index contributed by atoms with van der Waals surface area (Å²) >= 11 is 5.83. The summed E-state index contributed by atoms with van der Waals surface area (Å²) in [7, 11) is 0. The van der Waals surface area contributed by atoms with E-state index < -0.39 is 17.6 Å². The normalized spacial score (nSPS) is 11.7. The number of carbonyl (C=O) groups excluding carboxylic acids is 1. The zero-order valence-electron chi connectivity index (χ0n) is 12.1. The Morgan fingerprint density at radius 2 is 2.04 bits per heavy atom. The van der Waals surface area contributed by atoms with E-state index in [2.05, 4.69) is 10.3 Å². The van der Waals surface area contributed by atoms with Crippen LogP contribution in [0.4, 0.5) is 18.9 Å². The van der Waals surface area contributed by atoms with Crippen molar-refractivity contribution in [1.82, 2.24) is 9.38 Å². The highest BCUT2D eigenvalue weighted by Crippen LogP contribution is 2.33. The zero-order chi connectivity index (χ0) is 17.3. The summed E-state index contributed by atoms with van der Waals surface area (Å²) in [4.78, 5) is 16.3. The van der Waals surface area contributed by atoms with Crippen LogP contribution in [0.2, 0.25) is 5.02 Å². The molecule has 0 saturated carbocycles. The molecule has 0 aliphatic rings. The smallest absolute Gasteiger partial charge is 0.324 e. The summed E-state index contributed by atoms with van der Waals surface area (Å²) in [5, 5.41) is 2.35. The van der Waals surface area contributed by atoms with Crippen molar-refractivity contribution in [2.45, 2.75) is 12.6 Å². The van der Waals surface area contributed by atoms with Crippen LogP contribution in [0.25, 0.3) is 5.65 Å². The van der Waals surface area contributed by atoms with Crippen LogP contribution in [0.1, 0.15) is 11.3 Å². The van der Waals surface area contributed by atoms with Crippen LogP contribution in [0.5, 0.6) is 0 Å². The first-order valence-electron chi connectivity index (χ1n) is 6.92. The van der Waals surface area contributed by atoms with E-state index in [0.717, 1.165) is 18.2 Å². The summed E-state index contributed by atoms with van der Waals surface area (Å²) < 4.78 is 39.6. The number of nitrogens with zero attached hydrogens (tertiary/aromatic N) is 2. The first-order valence-corrected chi connectivity index (χ1v) is 7.30. The van der Waals surface area contributed by atoms with Crippen LogP contribution >= 0.6 is 11.6 Å². The average molecular weight is 354 g/mol. The molecule has 0 aliphatic heterocycles. The number of halogens is 4. The summed E-state index contributed by atoms with van der Waals surface area (Å²) in [5.74, 6) is -0.391. The number of amides is 1. The SMILES string of the molecule is O=C(Cc1cccc2nccn12)Nc1ccc(C(F)(F)F)cc1Cl. The fourth-order valence-electron chi connectivity index (χ4n) is 2.30. The molecule has 0 atom stereocenters. The van der Waals surface area contributed by atoms with Gasteiger partial charge in [-0.2, -0.15) is 13.2 Å². The number of alkyl halides is 3. The van der Waals surface area contributed by atoms with E-state index >= 15 is 0 Å². The third-order valence-electron chi connectivity index (χ3n) is 3.42. The largest absolute Gasteiger partial charge is 0.416 e. The third kappa shape index (κ3) is 3.35. The van der Waals surface area contributed by atoms with Crippen LogP contribution in [0, 0.1) is 0 Å². The van der Waals surface area contributed by atoms with Gasteiger partial charge in [0.25, 0.3) is 0 Å². The molecule has 0 fully saturated rings. The molecule has 0 saturated heterocycles. The molecule has 2 aromatic heterocycles. The van der Waals surface area contributed by atoms with Crippen LogP contribution in [0.3, 0.4) is 0 Å². The number of carbonyl (C=O) groups is 1. The second kappa shape index (κ2) is 6.16. The molecule has 1 aromatic carbocycles. The minimum absolute atomic E-state index is 0.0328. The maximum absolute atomic E-state index is 12.6. The van der Waals surface area contributed by atoms with Gasteiger partial charge in [-0.3, -0.25) is 4.79 Å². The van der Waals surface area contributed by atoms with Gasteiger partial charge in [-0.05, 0) is 30.3 Å². The molecule has 124 valence electrons. The third-order valence-corrected chi connectivity index (χ3v) is 3.74. The van der Waals surface area contributed by atoms with Gasteiger partial charge in [-0.25, -0.2) is 4.98 Å². The van der Waals surface area contributed by atoms with Gasteiger partial charge in [0.2, 0.25) is 5.91 Å². The number of hydrogen-bond donors (Lipinski definition) is 1. The van der Waals surface area contributed by atoms with Crippen molar-refractivity contribution in [2.24, 2.45) is 0 Å². The molecule has 0 radical (unpaired) electrons. The molecule has 4 nitrogen and oxygen atoms in total. The lowest BCUT2D eigenvalue weighted by Crippen LogP contribution is -2.16. The van der Waals surface area contributed by atoms with Crippen LogP contribution in [-0.4, -0.2) is 15.3 Å². The first-order chi connectivity index (χ1) is 11.3. The number of hydrogen-bond acceptors (Lipinski definition) is 2. The number of pyridine rings is 1. The Balaban J connectivity index is 1.77. The maximum Gasteiger partial charge on any atom is 0.416 e. The van der Waals surface area contributed by atoms with Crippen molar-refractivity contribution >= 4 is 28.8 Å². The summed E-state index contributed by atoms with van der Waals surface area (Å²) in [6, 6.07) is 8.14. The van der Waals surface area contributed by atoms with E-state index in [9.17, 15) is 18.0 Å². The lowest BCUT2D eigenvalue weighted by molar-refractivity contribution is -0.137. The number of aromatic nitrogens is 2. The number of nitrogens with one attached hydrogen (secondary N) is 1.